The predicted molar refractivity (Wildman–Crippen MR) is 152 cm³/mol. The molecule has 14 heteroatoms. The Bertz CT molecular complexity index is 1540. The second-order valence-electron chi connectivity index (χ2n) is 10.4. The average molecular weight is 604 g/mol. The molecule has 1 aliphatic heterocycles. The highest BCUT2D eigenvalue weighted by Gasteiger charge is 2.34. The highest BCUT2D eigenvalue weighted by Crippen LogP contribution is 2.32. The molecule has 3 amide bonds. The van der Waals surface area contributed by atoms with Crippen molar-refractivity contribution in [3.63, 3.8) is 0 Å². The molecule has 4 rings (SSSR count). The van der Waals surface area contributed by atoms with Crippen molar-refractivity contribution in [2.75, 3.05) is 36.8 Å². The van der Waals surface area contributed by atoms with E-state index in [1.165, 1.54) is 66.1 Å². The van der Waals surface area contributed by atoms with Crippen LogP contribution in [0.2, 0.25) is 0 Å². The van der Waals surface area contributed by atoms with Crippen LogP contribution in [-0.2, 0) is 10.0 Å². The van der Waals surface area contributed by atoms with Crippen molar-refractivity contribution in [2.24, 2.45) is 5.92 Å². The normalized spacial score (nSPS) is 17.9. The van der Waals surface area contributed by atoms with Gasteiger partial charge < -0.3 is 29.5 Å². The number of carbonyl (C=O) groups excluding carboxylic acids is 2. The number of carbonyl (C=O) groups is 2. The van der Waals surface area contributed by atoms with Crippen LogP contribution in [0.25, 0.3) is 0 Å². The molecule has 42 heavy (non-hydrogen) atoms. The number of benzene rings is 2. The van der Waals surface area contributed by atoms with E-state index in [0.717, 1.165) is 0 Å². The molecule has 1 aromatic heterocycles. The van der Waals surface area contributed by atoms with Crippen molar-refractivity contribution in [2.45, 2.75) is 44.7 Å². The van der Waals surface area contributed by atoms with Gasteiger partial charge >= 0.3 is 6.03 Å². The molecule has 226 valence electrons. The number of anilines is 2. The van der Waals surface area contributed by atoms with Crippen molar-refractivity contribution in [1.82, 2.24) is 15.0 Å². The van der Waals surface area contributed by atoms with Gasteiger partial charge in [-0.2, -0.15) is 0 Å². The Balaban J connectivity index is 1.62. The van der Waals surface area contributed by atoms with Gasteiger partial charge in [0.2, 0.25) is 0 Å². The molecule has 3 atom stereocenters. The summed E-state index contributed by atoms with van der Waals surface area (Å²) < 4.78 is 53.2. The average Bonchev–Trinajstić information content (AvgIpc) is 3.29. The predicted octanol–water partition coefficient (Wildman–Crippen LogP) is 3.62. The van der Waals surface area contributed by atoms with Crippen LogP contribution in [0.1, 0.15) is 35.7 Å². The summed E-state index contributed by atoms with van der Waals surface area (Å²) in [4.78, 5) is 29.4. The van der Waals surface area contributed by atoms with Gasteiger partial charge in [-0.3, -0.25) is 9.52 Å². The maximum atomic E-state index is 13.7. The first kappa shape index (κ1) is 30.8. The number of aliphatic hydroxyl groups excluding tert-OH is 1. The molecule has 0 saturated heterocycles. The minimum Gasteiger partial charge on any atom is -0.487 e. The van der Waals surface area contributed by atoms with Crippen LogP contribution in [0, 0.1) is 25.6 Å². The van der Waals surface area contributed by atoms with E-state index < -0.39 is 39.9 Å². The first-order chi connectivity index (χ1) is 19.8. The maximum Gasteiger partial charge on any atom is 0.321 e. The molecule has 2 heterocycles. The fourth-order valence-corrected chi connectivity index (χ4v) is 6.05. The number of nitrogens with zero attached hydrogens (tertiary/aromatic N) is 3. The van der Waals surface area contributed by atoms with Crippen molar-refractivity contribution < 1.29 is 36.8 Å². The molecule has 0 bridgehead atoms. The lowest BCUT2D eigenvalue weighted by Crippen LogP contribution is -2.50. The number of fused-ring (bicyclic) bond motifs is 1. The number of halogens is 1. The van der Waals surface area contributed by atoms with E-state index in [1.54, 1.807) is 14.0 Å². The molecule has 12 nitrogen and oxygen atoms in total. The summed E-state index contributed by atoms with van der Waals surface area (Å²) in [5.41, 5.74) is 0.816. The number of ether oxygens (including phenoxy) is 1. The third-order valence-electron chi connectivity index (χ3n) is 7.05. The first-order valence-corrected chi connectivity index (χ1v) is 14.7. The van der Waals surface area contributed by atoms with Crippen molar-refractivity contribution in [3.8, 4) is 5.75 Å². The Labute approximate surface area is 243 Å². The van der Waals surface area contributed by atoms with Crippen molar-refractivity contribution in [3.05, 3.63) is 65.3 Å². The Kier molecular flexibility index (Phi) is 9.06. The molecule has 2 aromatic carbocycles. The van der Waals surface area contributed by atoms with Gasteiger partial charge in [-0.25, -0.2) is 17.6 Å². The van der Waals surface area contributed by atoms with Gasteiger partial charge in [0.1, 0.15) is 23.4 Å². The third-order valence-corrected chi connectivity index (χ3v) is 8.67. The summed E-state index contributed by atoms with van der Waals surface area (Å²) in [6.07, 6.45) is -0.584. The van der Waals surface area contributed by atoms with E-state index in [-0.39, 0.29) is 59.0 Å². The van der Waals surface area contributed by atoms with Crippen LogP contribution < -0.4 is 14.8 Å². The molecular weight excluding hydrogens is 569 g/mol. The Morgan fingerprint density at radius 2 is 1.88 bits per heavy atom. The van der Waals surface area contributed by atoms with Gasteiger partial charge in [0.25, 0.3) is 15.9 Å². The maximum absolute atomic E-state index is 13.7. The first-order valence-electron chi connectivity index (χ1n) is 13.3. The number of aromatic nitrogens is 1. The van der Waals surface area contributed by atoms with Crippen LogP contribution in [0.3, 0.4) is 0 Å². The summed E-state index contributed by atoms with van der Waals surface area (Å²) >= 11 is 0. The standard InChI is InChI=1S/C28H34FN5O7S/c1-16-13-34(17(2)15-35)27(36)23-12-22(32-42(38,39)26-18(3)31-41-19(26)4)10-11-24(23)40-25(16)14-33(5)28(37)30-21-8-6-20(29)7-9-21/h6-12,16-17,25,32,35H,13-15H2,1-5H3,(H,30,37)/t16-,17+,25-/m0/s1. The Morgan fingerprint density at radius 1 is 1.21 bits per heavy atom. The second kappa shape index (κ2) is 12.4. The van der Waals surface area contributed by atoms with E-state index in [0.29, 0.717) is 5.69 Å². The zero-order valence-electron chi connectivity index (χ0n) is 23.9. The van der Waals surface area contributed by atoms with Crippen molar-refractivity contribution >= 4 is 33.3 Å². The lowest BCUT2D eigenvalue weighted by molar-refractivity contribution is 0.0371. The van der Waals surface area contributed by atoms with Gasteiger partial charge in [-0.05, 0) is 63.2 Å². The topological polar surface area (TPSA) is 154 Å². The molecular formula is C28H34FN5O7S. The second-order valence-corrected chi connectivity index (χ2v) is 12.0. The minimum absolute atomic E-state index is 0.0876. The number of nitrogens with one attached hydrogen (secondary N) is 2. The summed E-state index contributed by atoms with van der Waals surface area (Å²) in [6.45, 7) is 6.61. The summed E-state index contributed by atoms with van der Waals surface area (Å²) in [7, 11) is -2.50. The van der Waals surface area contributed by atoms with Gasteiger partial charge in [0.05, 0.1) is 24.8 Å². The Morgan fingerprint density at radius 3 is 2.50 bits per heavy atom. The van der Waals surface area contributed by atoms with Gasteiger partial charge in [0.15, 0.2) is 10.7 Å². The lowest BCUT2D eigenvalue weighted by atomic mass is 9.99. The van der Waals surface area contributed by atoms with Crippen LogP contribution in [0.4, 0.5) is 20.6 Å². The number of likely N-dealkylation sites (N-methyl/N-ethyl adjacent to an activating group) is 1. The minimum atomic E-state index is -4.08. The monoisotopic (exact) mass is 603 g/mol. The number of aliphatic hydroxyl groups is 1. The molecule has 1 aliphatic rings. The highest BCUT2D eigenvalue weighted by molar-refractivity contribution is 7.92. The van der Waals surface area contributed by atoms with Crippen LogP contribution in [-0.4, -0.2) is 79.3 Å². The highest BCUT2D eigenvalue weighted by atomic mass is 32.2. The fraction of sp³-hybridized carbons (Fsp3) is 0.393. The Hall–Kier alpha value is -4.17. The number of aryl methyl sites for hydroxylation is 2. The van der Waals surface area contributed by atoms with Gasteiger partial charge in [0, 0.05) is 30.9 Å². The van der Waals surface area contributed by atoms with Crippen LogP contribution in [0.5, 0.6) is 5.75 Å². The van der Waals surface area contributed by atoms with E-state index >= 15 is 0 Å². The number of sulfonamides is 1. The third kappa shape index (κ3) is 6.65. The zero-order valence-corrected chi connectivity index (χ0v) is 24.7. The SMILES string of the molecule is Cc1noc(C)c1S(=O)(=O)Nc1ccc2c(c1)C(=O)N([C@H](C)CO)C[C@H](C)[C@H](CN(C)C(=O)Nc1ccc(F)cc1)O2. The van der Waals surface area contributed by atoms with Crippen LogP contribution >= 0.6 is 0 Å². The quantitative estimate of drug-likeness (QED) is 0.353. The number of hydrogen-bond donors (Lipinski definition) is 3. The van der Waals surface area contributed by atoms with E-state index in [2.05, 4.69) is 15.2 Å². The molecule has 0 aliphatic carbocycles. The fourth-order valence-electron chi connectivity index (χ4n) is 4.67. The van der Waals surface area contributed by atoms with Gasteiger partial charge in [-0.1, -0.05) is 12.1 Å². The lowest BCUT2D eigenvalue weighted by Gasteiger charge is -2.38. The summed E-state index contributed by atoms with van der Waals surface area (Å²) in [5.74, 6) is -0.822. The van der Waals surface area contributed by atoms with Crippen molar-refractivity contribution in [1.29, 1.82) is 0 Å². The number of hydrogen-bond acceptors (Lipinski definition) is 8. The largest absolute Gasteiger partial charge is 0.487 e. The number of amides is 3. The smallest absolute Gasteiger partial charge is 0.321 e. The van der Waals surface area contributed by atoms with E-state index in [1.807, 2.05) is 6.92 Å². The summed E-state index contributed by atoms with van der Waals surface area (Å²) in [6, 6.07) is 8.72. The molecule has 3 aromatic rings. The zero-order chi connectivity index (χ0) is 30.8. The van der Waals surface area contributed by atoms with Gasteiger partial charge in [-0.15, -0.1) is 0 Å². The van der Waals surface area contributed by atoms with E-state index in [9.17, 15) is 27.5 Å². The molecule has 0 unspecified atom stereocenters. The van der Waals surface area contributed by atoms with Crippen LogP contribution in [0.15, 0.2) is 51.9 Å². The molecule has 0 fully saturated rings. The molecule has 3 N–H and O–H groups in total. The molecule has 0 spiro atoms. The van der Waals surface area contributed by atoms with E-state index in [4.69, 9.17) is 9.26 Å². The summed E-state index contributed by atoms with van der Waals surface area (Å²) in [5, 5.41) is 16.3. The molecule has 0 saturated carbocycles. The number of rotatable bonds is 8. The molecule has 0 radical (unpaired) electrons. The number of urea groups is 1.